The van der Waals surface area contributed by atoms with Crippen molar-refractivity contribution in [3.05, 3.63) is 40.1 Å². The molecule has 0 aliphatic carbocycles. The molecule has 0 aliphatic rings. The second-order valence-corrected chi connectivity index (χ2v) is 3.50. The maximum atomic E-state index is 11.5. The van der Waals surface area contributed by atoms with Crippen LogP contribution in [0.3, 0.4) is 0 Å². The van der Waals surface area contributed by atoms with Gasteiger partial charge in [-0.15, -0.1) is 5.10 Å². The number of phenols is 1. The lowest BCUT2D eigenvalue weighted by atomic mass is 10.2. The van der Waals surface area contributed by atoms with Crippen molar-refractivity contribution in [1.29, 1.82) is 0 Å². The number of nitrogens with zero attached hydrogens (tertiary/aromatic N) is 2. The Balaban J connectivity index is 2.59. The molecule has 1 aromatic carbocycles. The predicted octanol–water partition coefficient (Wildman–Crippen LogP) is -0.337. The van der Waals surface area contributed by atoms with Gasteiger partial charge in [-0.1, -0.05) is 0 Å². The molecular weight excluding hydrogens is 258 g/mol. The molecule has 0 spiro atoms. The van der Waals surface area contributed by atoms with Crippen LogP contribution in [0.15, 0.2) is 23.0 Å². The summed E-state index contributed by atoms with van der Waals surface area (Å²) in [6.07, 6.45) is 0. The summed E-state index contributed by atoms with van der Waals surface area (Å²) in [4.78, 5) is 35.0. The minimum Gasteiger partial charge on any atom is -0.507 e. The molecule has 0 saturated carbocycles. The van der Waals surface area contributed by atoms with Crippen molar-refractivity contribution < 1.29 is 24.9 Å². The number of H-pyrrole nitrogens is 1. The van der Waals surface area contributed by atoms with Gasteiger partial charge in [0.15, 0.2) is 0 Å². The summed E-state index contributed by atoms with van der Waals surface area (Å²) in [7, 11) is 0. The molecule has 1 heterocycles. The topological polar surface area (TPSA) is 146 Å². The number of aromatic amines is 1. The maximum Gasteiger partial charge on any atom is 0.373 e. The molecule has 0 aliphatic heterocycles. The van der Waals surface area contributed by atoms with E-state index in [4.69, 9.17) is 10.2 Å². The Bertz CT molecular complexity index is 729. The van der Waals surface area contributed by atoms with E-state index in [9.17, 15) is 19.5 Å². The second kappa shape index (κ2) is 4.29. The van der Waals surface area contributed by atoms with Gasteiger partial charge in [-0.25, -0.2) is 14.4 Å². The summed E-state index contributed by atoms with van der Waals surface area (Å²) in [5.41, 5.74) is -1.24. The van der Waals surface area contributed by atoms with Gasteiger partial charge in [-0.3, -0.25) is 4.98 Å². The number of benzene rings is 1. The van der Waals surface area contributed by atoms with E-state index in [-0.39, 0.29) is 5.69 Å². The van der Waals surface area contributed by atoms with Gasteiger partial charge >= 0.3 is 17.6 Å². The number of carbonyl (C=O) groups is 2. The van der Waals surface area contributed by atoms with Gasteiger partial charge in [0.2, 0.25) is 5.82 Å². The second-order valence-electron chi connectivity index (χ2n) is 3.50. The Hall–Kier alpha value is -3.10. The quantitative estimate of drug-likeness (QED) is 0.593. The normalized spacial score (nSPS) is 10.3. The molecule has 0 amide bonds. The molecule has 0 radical (unpaired) electrons. The number of carboxylic acid groups (broad SMARTS) is 2. The van der Waals surface area contributed by atoms with Gasteiger partial charge in [0.05, 0.1) is 5.69 Å². The van der Waals surface area contributed by atoms with Crippen LogP contribution in [0.1, 0.15) is 21.0 Å². The molecule has 1 aromatic heterocycles. The highest BCUT2D eigenvalue weighted by Gasteiger charge is 2.15. The lowest BCUT2D eigenvalue weighted by Crippen LogP contribution is -2.16. The van der Waals surface area contributed by atoms with Crippen molar-refractivity contribution in [2.24, 2.45) is 0 Å². The molecule has 0 fully saturated rings. The van der Waals surface area contributed by atoms with E-state index in [2.05, 4.69) is 5.10 Å². The van der Waals surface area contributed by atoms with Crippen molar-refractivity contribution in [3.8, 4) is 11.4 Å². The third kappa shape index (κ3) is 2.16. The van der Waals surface area contributed by atoms with Gasteiger partial charge in [0.25, 0.3) is 0 Å². The molecule has 9 nitrogen and oxygen atoms in total. The third-order valence-corrected chi connectivity index (χ3v) is 2.28. The number of rotatable bonds is 3. The first-order chi connectivity index (χ1) is 8.90. The fraction of sp³-hybridized carbons (Fsp3) is 0. The van der Waals surface area contributed by atoms with E-state index >= 15 is 0 Å². The minimum atomic E-state index is -1.42. The molecule has 0 unspecified atom stereocenters. The Morgan fingerprint density at radius 3 is 2.42 bits per heavy atom. The monoisotopic (exact) mass is 265 g/mol. The predicted molar refractivity (Wildman–Crippen MR) is 59.8 cm³/mol. The first-order valence-electron chi connectivity index (χ1n) is 4.89. The molecule has 0 saturated heterocycles. The number of hydrogen-bond acceptors (Lipinski definition) is 5. The molecular formula is C10H7N3O6. The summed E-state index contributed by atoms with van der Waals surface area (Å²) < 4.78 is 0.690. The highest BCUT2D eigenvalue weighted by molar-refractivity contribution is 5.91. The molecule has 98 valence electrons. The SMILES string of the molecule is O=C(O)c1nn(-c2ccc(O)c(C(=O)O)c2)c(=O)[nH]1. The Kier molecular flexibility index (Phi) is 2.79. The third-order valence-electron chi connectivity index (χ3n) is 2.28. The van der Waals surface area contributed by atoms with Crippen LogP contribution in [-0.4, -0.2) is 42.0 Å². The van der Waals surface area contributed by atoms with Crippen LogP contribution in [0.4, 0.5) is 0 Å². The maximum absolute atomic E-state index is 11.5. The molecule has 2 aromatic rings. The van der Waals surface area contributed by atoms with E-state index in [1.807, 2.05) is 4.98 Å². The lowest BCUT2D eigenvalue weighted by Gasteiger charge is -2.03. The van der Waals surface area contributed by atoms with Crippen LogP contribution in [0.5, 0.6) is 5.75 Å². The zero-order chi connectivity index (χ0) is 14.2. The fourth-order valence-electron chi connectivity index (χ4n) is 1.42. The van der Waals surface area contributed by atoms with Crippen LogP contribution in [-0.2, 0) is 0 Å². The first kappa shape index (κ1) is 12.4. The van der Waals surface area contributed by atoms with Crippen LogP contribution in [0.25, 0.3) is 5.69 Å². The summed E-state index contributed by atoms with van der Waals surface area (Å²) in [6.45, 7) is 0. The largest absolute Gasteiger partial charge is 0.507 e. The lowest BCUT2D eigenvalue weighted by molar-refractivity contribution is 0.0676. The summed E-state index contributed by atoms with van der Waals surface area (Å²) >= 11 is 0. The molecule has 9 heteroatoms. The Morgan fingerprint density at radius 2 is 1.89 bits per heavy atom. The number of nitrogens with one attached hydrogen (secondary N) is 1. The van der Waals surface area contributed by atoms with Crippen molar-refractivity contribution in [3.63, 3.8) is 0 Å². The number of aromatic nitrogens is 3. The molecule has 19 heavy (non-hydrogen) atoms. The zero-order valence-corrected chi connectivity index (χ0v) is 9.19. The standard InChI is InChI=1S/C10H7N3O6/c14-6-2-1-4(3-5(6)8(15)16)13-10(19)11-7(12-13)9(17)18/h1-3,14H,(H,15,16)(H,17,18)(H,11,12,19). The van der Waals surface area contributed by atoms with Crippen LogP contribution in [0.2, 0.25) is 0 Å². The van der Waals surface area contributed by atoms with Gasteiger partial charge in [-0.05, 0) is 18.2 Å². The zero-order valence-electron chi connectivity index (χ0n) is 9.19. The number of aromatic carboxylic acids is 2. The molecule has 4 N–H and O–H groups in total. The van der Waals surface area contributed by atoms with E-state index in [0.29, 0.717) is 4.68 Å². The summed E-state index contributed by atoms with van der Waals surface area (Å²) in [6, 6.07) is 3.31. The van der Waals surface area contributed by atoms with E-state index < -0.39 is 34.8 Å². The Labute approximate surface area is 104 Å². The average Bonchev–Trinajstić information content (AvgIpc) is 2.72. The van der Waals surface area contributed by atoms with E-state index in [1.54, 1.807) is 0 Å². The van der Waals surface area contributed by atoms with Gasteiger partial charge in [0, 0.05) is 0 Å². The van der Waals surface area contributed by atoms with Crippen molar-refractivity contribution in [2.45, 2.75) is 0 Å². The number of hydrogen-bond donors (Lipinski definition) is 4. The minimum absolute atomic E-state index is 0.0175. The summed E-state index contributed by atoms with van der Waals surface area (Å²) in [5.74, 6) is -3.86. The van der Waals surface area contributed by atoms with Crippen LogP contribution in [0, 0.1) is 0 Å². The number of aromatic hydroxyl groups is 1. The molecule has 2 rings (SSSR count). The summed E-state index contributed by atoms with van der Waals surface area (Å²) in [5, 5.41) is 30.3. The highest BCUT2D eigenvalue weighted by Crippen LogP contribution is 2.19. The van der Waals surface area contributed by atoms with E-state index in [1.165, 1.54) is 6.07 Å². The van der Waals surface area contributed by atoms with Crippen molar-refractivity contribution in [2.75, 3.05) is 0 Å². The average molecular weight is 265 g/mol. The van der Waals surface area contributed by atoms with Gasteiger partial charge in [0.1, 0.15) is 11.3 Å². The number of carboxylic acids is 2. The smallest absolute Gasteiger partial charge is 0.373 e. The van der Waals surface area contributed by atoms with Gasteiger partial charge in [-0.2, -0.15) is 4.68 Å². The van der Waals surface area contributed by atoms with Crippen molar-refractivity contribution in [1.82, 2.24) is 14.8 Å². The highest BCUT2D eigenvalue weighted by atomic mass is 16.4. The van der Waals surface area contributed by atoms with E-state index in [0.717, 1.165) is 12.1 Å². The van der Waals surface area contributed by atoms with Gasteiger partial charge < -0.3 is 15.3 Å². The van der Waals surface area contributed by atoms with Crippen LogP contribution < -0.4 is 5.69 Å². The van der Waals surface area contributed by atoms with Crippen molar-refractivity contribution >= 4 is 11.9 Å². The Morgan fingerprint density at radius 1 is 1.21 bits per heavy atom. The molecule has 0 bridgehead atoms. The fourth-order valence-corrected chi connectivity index (χ4v) is 1.42. The molecule has 0 atom stereocenters. The van der Waals surface area contributed by atoms with Crippen LogP contribution >= 0.6 is 0 Å². The first-order valence-corrected chi connectivity index (χ1v) is 4.89.